The molecule has 0 amide bonds. The van der Waals surface area contributed by atoms with E-state index in [4.69, 9.17) is 17.3 Å². The SMILES string of the molecule is CCc1ccc(C(N)c2ccc(C)cc2Cl)s1. The van der Waals surface area contributed by atoms with Crippen molar-refractivity contribution in [3.05, 3.63) is 56.2 Å². The Balaban J connectivity index is 2.33. The first kappa shape index (κ1) is 12.6. The van der Waals surface area contributed by atoms with E-state index in [1.54, 1.807) is 11.3 Å². The predicted octanol–water partition coefficient (Wildman–Crippen LogP) is 4.32. The average molecular weight is 266 g/mol. The highest BCUT2D eigenvalue weighted by Gasteiger charge is 2.14. The Bertz CT molecular complexity index is 519. The Morgan fingerprint density at radius 2 is 2.06 bits per heavy atom. The van der Waals surface area contributed by atoms with Gasteiger partial charge in [0, 0.05) is 14.8 Å². The first-order valence-corrected chi connectivity index (χ1v) is 6.91. The van der Waals surface area contributed by atoms with E-state index in [2.05, 4.69) is 25.1 Å². The van der Waals surface area contributed by atoms with Gasteiger partial charge in [0.1, 0.15) is 0 Å². The zero-order valence-electron chi connectivity index (χ0n) is 10.0. The van der Waals surface area contributed by atoms with Crippen molar-refractivity contribution >= 4 is 22.9 Å². The molecule has 1 aromatic carbocycles. The third-order valence-corrected chi connectivity index (χ3v) is 4.47. The molecule has 2 rings (SSSR count). The van der Waals surface area contributed by atoms with E-state index >= 15 is 0 Å². The molecular weight excluding hydrogens is 250 g/mol. The lowest BCUT2D eigenvalue weighted by Gasteiger charge is -2.12. The fourth-order valence-electron chi connectivity index (χ4n) is 1.79. The summed E-state index contributed by atoms with van der Waals surface area (Å²) >= 11 is 8.00. The van der Waals surface area contributed by atoms with Gasteiger partial charge in [0.05, 0.1) is 6.04 Å². The van der Waals surface area contributed by atoms with Crippen LogP contribution in [0.25, 0.3) is 0 Å². The summed E-state index contributed by atoms with van der Waals surface area (Å²) in [4.78, 5) is 2.53. The molecular formula is C14H16ClNS. The Morgan fingerprint density at radius 3 is 2.65 bits per heavy atom. The van der Waals surface area contributed by atoms with Crippen molar-refractivity contribution in [1.29, 1.82) is 0 Å². The average Bonchev–Trinajstić information content (AvgIpc) is 2.76. The minimum absolute atomic E-state index is 0.117. The number of nitrogens with two attached hydrogens (primary N) is 1. The largest absolute Gasteiger partial charge is 0.320 e. The van der Waals surface area contributed by atoms with Gasteiger partial charge in [0.15, 0.2) is 0 Å². The Labute approximate surface area is 111 Å². The Hall–Kier alpha value is -0.830. The van der Waals surface area contributed by atoms with Gasteiger partial charge in [0.2, 0.25) is 0 Å². The Morgan fingerprint density at radius 1 is 1.29 bits per heavy atom. The predicted molar refractivity (Wildman–Crippen MR) is 75.9 cm³/mol. The molecule has 0 saturated carbocycles. The lowest BCUT2D eigenvalue weighted by atomic mass is 10.0. The monoisotopic (exact) mass is 265 g/mol. The van der Waals surface area contributed by atoms with Crippen LogP contribution in [0, 0.1) is 6.92 Å². The molecule has 3 heteroatoms. The first-order chi connectivity index (χ1) is 8.11. The molecule has 0 fully saturated rings. The number of aryl methyl sites for hydroxylation is 2. The van der Waals surface area contributed by atoms with Crippen molar-refractivity contribution in [2.75, 3.05) is 0 Å². The summed E-state index contributed by atoms with van der Waals surface area (Å²) in [6.07, 6.45) is 1.05. The van der Waals surface area contributed by atoms with E-state index in [9.17, 15) is 0 Å². The highest BCUT2D eigenvalue weighted by Crippen LogP contribution is 2.31. The maximum Gasteiger partial charge on any atom is 0.0660 e. The van der Waals surface area contributed by atoms with E-state index in [0.29, 0.717) is 0 Å². The molecule has 90 valence electrons. The van der Waals surface area contributed by atoms with Gasteiger partial charge in [-0.2, -0.15) is 0 Å². The second-order valence-corrected chi connectivity index (χ2v) is 5.77. The van der Waals surface area contributed by atoms with Crippen molar-refractivity contribution in [1.82, 2.24) is 0 Å². The summed E-state index contributed by atoms with van der Waals surface area (Å²) in [7, 11) is 0. The molecule has 0 bridgehead atoms. The molecule has 0 radical (unpaired) electrons. The molecule has 0 saturated heterocycles. The minimum Gasteiger partial charge on any atom is -0.320 e. The van der Waals surface area contributed by atoms with Crippen LogP contribution in [-0.4, -0.2) is 0 Å². The lowest BCUT2D eigenvalue weighted by molar-refractivity contribution is 0.893. The van der Waals surface area contributed by atoms with Gasteiger partial charge in [-0.25, -0.2) is 0 Å². The highest BCUT2D eigenvalue weighted by atomic mass is 35.5. The topological polar surface area (TPSA) is 26.0 Å². The highest BCUT2D eigenvalue weighted by molar-refractivity contribution is 7.12. The molecule has 1 heterocycles. The van der Waals surface area contributed by atoms with Crippen molar-refractivity contribution in [2.24, 2.45) is 5.73 Å². The van der Waals surface area contributed by atoms with E-state index in [1.807, 2.05) is 19.1 Å². The molecule has 1 nitrogen and oxygen atoms in total. The van der Waals surface area contributed by atoms with Gasteiger partial charge in [-0.3, -0.25) is 0 Å². The van der Waals surface area contributed by atoms with Gasteiger partial charge in [-0.05, 0) is 42.7 Å². The number of benzene rings is 1. The fourth-order valence-corrected chi connectivity index (χ4v) is 3.12. The molecule has 0 spiro atoms. The van der Waals surface area contributed by atoms with Crippen molar-refractivity contribution in [3.8, 4) is 0 Å². The fraction of sp³-hybridized carbons (Fsp3) is 0.286. The summed E-state index contributed by atoms with van der Waals surface area (Å²) in [5, 5.41) is 0.754. The van der Waals surface area contributed by atoms with Gasteiger partial charge in [0.25, 0.3) is 0 Å². The number of hydrogen-bond donors (Lipinski definition) is 1. The van der Waals surface area contributed by atoms with Crippen molar-refractivity contribution in [3.63, 3.8) is 0 Å². The molecule has 0 aliphatic heterocycles. The first-order valence-electron chi connectivity index (χ1n) is 5.72. The molecule has 1 unspecified atom stereocenters. The molecule has 17 heavy (non-hydrogen) atoms. The summed E-state index contributed by atoms with van der Waals surface area (Å²) in [6.45, 7) is 4.18. The van der Waals surface area contributed by atoms with E-state index in [-0.39, 0.29) is 6.04 Å². The number of hydrogen-bond acceptors (Lipinski definition) is 2. The van der Waals surface area contributed by atoms with E-state index < -0.39 is 0 Å². The van der Waals surface area contributed by atoms with Crippen LogP contribution in [0.15, 0.2) is 30.3 Å². The van der Waals surface area contributed by atoms with Crippen LogP contribution < -0.4 is 5.73 Å². The number of rotatable bonds is 3. The molecule has 1 atom stereocenters. The maximum atomic E-state index is 6.26. The van der Waals surface area contributed by atoms with E-state index in [1.165, 1.54) is 9.75 Å². The third kappa shape index (κ3) is 2.71. The number of halogens is 1. The molecule has 0 aliphatic carbocycles. The van der Waals surface area contributed by atoms with Crippen LogP contribution in [0.3, 0.4) is 0 Å². The van der Waals surface area contributed by atoms with E-state index in [0.717, 1.165) is 22.6 Å². The van der Waals surface area contributed by atoms with Crippen LogP contribution in [0.2, 0.25) is 5.02 Å². The standard InChI is InChI=1S/C14H16ClNS/c1-3-10-5-7-13(17-10)14(16)11-6-4-9(2)8-12(11)15/h4-8,14H,3,16H2,1-2H3. The summed E-state index contributed by atoms with van der Waals surface area (Å²) in [5.41, 5.74) is 8.42. The quantitative estimate of drug-likeness (QED) is 0.879. The number of thiophene rings is 1. The van der Waals surface area contributed by atoms with Crippen LogP contribution in [-0.2, 0) is 6.42 Å². The second kappa shape index (κ2) is 5.21. The summed E-state index contributed by atoms with van der Waals surface area (Å²) < 4.78 is 0. The zero-order chi connectivity index (χ0) is 12.4. The summed E-state index contributed by atoms with van der Waals surface area (Å²) in [5.74, 6) is 0. The minimum atomic E-state index is -0.117. The van der Waals surface area contributed by atoms with Crippen molar-refractivity contribution < 1.29 is 0 Å². The van der Waals surface area contributed by atoms with Crippen LogP contribution in [0.5, 0.6) is 0 Å². The normalized spacial score (nSPS) is 12.7. The molecule has 0 aliphatic rings. The van der Waals surface area contributed by atoms with Gasteiger partial charge in [-0.15, -0.1) is 11.3 Å². The van der Waals surface area contributed by atoms with Gasteiger partial charge >= 0.3 is 0 Å². The van der Waals surface area contributed by atoms with Gasteiger partial charge in [-0.1, -0.05) is 30.7 Å². The van der Waals surface area contributed by atoms with Crippen LogP contribution in [0.1, 0.15) is 33.8 Å². The van der Waals surface area contributed by atoms with Gasteiger partial charge < -0.3 is 5.73 Å². The van der Waals surface area contributed by atoms with Crippen LogP contribution in [0.4, 0.5) is 0 Å². The summed E-state index contributed by atoms with van der Waals surface area (Å²) in [6, 6.07) is 10.2. The zero-order valence-corrected chi connectivity index (χ0v) is 11.6. The van der Waals surface area contributed by atoms with Crippen molar-refractivity contribution in [2.45, 2.75) is 26.3 Å². The Kier molecular flexibility index (Phi) is 3.87. The molecule has 2 N–H and O–H groups in total. The molecule has 2 aromatic rings. The maximum absolute atomic E-state index is 6.26. The lowest BCUT2D eigenvalue weighted by Crippen LogP contribution is -2.10. The smallest absolute Gasteiger partial charge is 0.0660 e. The second-order valence-electron chi connectivity index (χ2n) is 4.16. The third-order valence-electron chi connectivity index (χ3n) is 2.83. The molecule has 1 aromatic heterocycles. The van der Waals surface area contributed by atoms with Crippen LogP contribution >= 0.6 is 22.9 Å².